The van der Waals surface area contributed by atoms with Gasteiger partial charge in [-0.2, -0.15) is 0 Å². The highest BCUT2D eigenvalue weighted by molar-refractivity contribution is 5.29. The van der Waals surface area contributed by atoms with Crippen LogP contribution in [0.1, 0.15) is 42.4 Å². The predicted molar refractivity (Wildman–Crippen MR) is 85.0 cm³/mol. The van der Waals surface area contributed by atoms with Crippen molar-refractivity contribution < 1.29 is 0 Å². The Kier molecular flexibility index (Phi) is 4.13. The van der Waals surface area contributed by atoms with Gasteiger partial charge in [0.25, 0.3) is 0 Å². The lowest BCUT2D eigenvalue weighted by Gasteiger charge is -2.45. The summed E-state index contributed by atoms with van der Waals surface area (Å²) in [5, 5.41) is 3.62. The SMILES string of the molecule is Cc1ccc(CN2CCCC3(CCCNC3)C2)cc1C. The number of nitrogens with zero attached hydrogens (tertiary/aromatic N) is 1. The zero-order chi connectivity index (χ0) is 14.0. The normalized spacial score (nSPS) is 27.9. The molecule has 2 saturated heterocycles. The molecule has 0 radical (unpaired) electrons. The fourth-order valence-electron chi connectivity index (χ4n) is 3.98. The van der Waals surface area contributed by atoms with Gasteiger partial charge in [-0.3, -0.25) is 4.90 Å². The minimum Gasteiger partial charge on any atom is -0.316 e. The number of piperidine rings is 2. The van der Waals surface area contributed by atoms with Gasteiger partial charge in [-0.05, 0) is 74.7 Å². The van der Waals surface area contributed by atoms with Crippen LogP contribution >= 0.6 is 0 Å². The Bertz CT molecular complexity index is 455. The lowest BCUT2D eigenvalue weighted by atomic mass is 9.74. The van der Waals surface area contributed by atoms with Gasteiger partial charge in [0.2, 0.25) is 0 Å². The summed E-state index contributed by atoms with van der Waals surface area (Å²) in [5.41, 5.74) is 4.87. The number of hydrogen-bond donors (Lipinski definition) is 1. The highest BCUT2D eigenvalue weighted by Crippen LogP contribution is 2.36. The van der Waals surface area contributed by atoms with Crippen molar-refractivity contribution in [3.05, 3.63) is 34.9 Å². The molecule has 3 rings (SSSR count). The largest absolute Gasteiger partial charge is 0.316 e. The van der Waals surface area contributed by atoms with Crippen LogP contribution in [0.3, 0.4) is 0 Å². The first kappa shape index (κ1) is 14.1. The maximum absolute atomic E-state index is 3.62. The van der Waals surface area contributed by atoms with E-state index in [1.165, 1.54) is 68.6 Å². The van der Waals surface area contributed by atoms with E-state index in [-0.39, 0.29) is 0 Å². The number of benzene rings is 1. The van der Waals surface area contributed by atoms with Crippen molar-refractivity contribution in [2.75, 3.05) is 26.2 Å². The number of aryl methyl sites for hydroxylation is 2. The van der Waals surface area contributed by atoms with Gasteiger partial charge in [-0.1, -0.05) is 18.2 Å². The van der Waals surface area contributed by atoms with E-state index >= 15 is 0 Å². The summed E-state index contributed by atoms with van der Waals surface area (Å²) >= 11 is 0. The molecule has 0 aromatic heterocycles. The van der Waals surface area contributed by atoms with Gasteiger partial charge in [0, 0.05) is 19.6 Å². The average Bonchev–Trinajstić information content (AvgIpc) is 2.44. The van der Waals surface area contributed by atoms with Crippen molar-refractivity contribution in [2.24, 2.45) is 5.41 Å². The molecule has 1 aromatic rings. The second-order valence-corrected chi connectivity index (χ2v) is 7.01. The average molecular weight is 272 g/mol. The first-order valence-electron chi connectivity index (χ1n) is 8.16. The second kappa shape index (κ2) is 5.87. The van der Waals surface area contributed by atoms with Crippen LogP contribution in [0.4, 0.5) is 0 Å². The van der Waals surface area contributed by atoms with E-state index in [0.29, 0.717) is 5.41 Å². The maximum Gasteiger partial charge on any atom is 0.0234 e. The fourth-order valence-corrected chi connectivity index (χ4v) is 3.98. The van der Waals surface area contributed by atoms with E-state index < -0.39 is 0 Å². The Morgan fingerprint density at radius 1 is 1.15 bits per heavy atom. The number of likely N-dealkylation sites (tertiary alicyclic amines) is 1. The number of hydrogen-bond acceptors (Lipinski definition) is 2. The number of nitrogens with one attached hydrogen (secondary N) is 1. The molecule has 2 aliphatic rings. The van der Waals surface area contributed by atoms with Gasteiger partial charge in [0.1, 0.15) is 0 Å². The quantitative estimate of drug-likeness (QED) is 0.889. The molecule has 2 aliphatic heterocycles. The van der Waals surface area contributed by atoms with Crippen LogP contribution in [0, 0.1) is 19.3 Å². The minimum absolute atomic E-state index is 0.566. The molecule has 0 aliphatic carbocycles. The third-order valence-corrected chi connectivity index (χ3v) is 5.28. The molecule has 1 unspecified atom stereocenters. The van der Waals surface area contributed by atoms with Crippen LogP contribution in [0.5, 0.6) is 0 Å². The summed E-state index contributed by atoms with van der Waals surface area (Å²) in [4.78, 5) is 2.68. The first-order valence-corrected chi connectivity index (χ1v) is 8.16. The Balaban J connectivity index is 1.66. The van der Waals surface area contributed by atoms with E-state index in [4.69, 9.17) is 0 Å². The summed E-state index contributed by atoms with van der Waals surface area (Å²) in [5.74, 6) is 0. The summed E-state index contributed by atoms with van der Waals surface area (Å²) < 4.78 is 0. The van der Waals surface area contributed by atoms with Gasteiger partial charge in [-0.15, -0.1) is 0 Å². The standard InChI is InChI=1S/C18H28N2/c1-15-5-6-17(11-16(15)2)12-20-10-4-8-18(14-20)7-3-9-19-13-18/h5-6,11,19H,3-4,7-10,12-14H2,1-2H3. The van der Waals surface area contributed by atoms with Crippen molar-refractivity contribution >= 4 is 0 Å². The van der Waals surface area contributed by atoms with Crippen molar-refractivity contribution in [1.29, 1.82) is 0 Å². The highest BCUT2D eigenvalue weighted by Gasteiger charge is 2.36. The van der Waals surface area contributed by atoms with E-state index in [0.717, 1.165) is 6.54 Å². The summed E-state index contributed by atoms with van der Waals surface area (Å²) in [6.45, 7) is 10.6. The molecule has 2 heteroatoms. The van der Waals surface area contributed by atoms with Crippen LogP contribution in [0.2, 0.25) is 0 Å². The van der Waals surface area contributed by atoms with Crippen molar-refractivity contribution in [3.8, 4) is 0 Å². The Morgan fingerprint density at radius 2 is 2.00 bits per heavy atom. The molecule has 2 nitrogen and oxygen atoms in total. The van der Waals surface area contributed by atoms with Gasteiger partial charge in [-0.25, -0.2) is 0 Å². The summed E-state index contributed by atoms with van der Waals surface area (Å²) in [7, 11) is 0. The van der Waals surface area contributed by atoms with Gasteiger partial charge in [0.05, 0.1) is 0 Å². The van der Waals surface area contributed by atoms with E-state index in [9.17, 15) is 0 Å². The molecule has 1 N–H and O–H groups in total. The molecule has 2 heterocycles. The molecule has 2 fully saturated rings. The third kappa shape index (κ3) is 3.07. The Morgan fingerprint density at radius 3 is 2.75 bits per heavy atom. The maximum atomic E-state index is 3.62. The lowest BCUT2D eigenvalue weighted by Crippen LogP contribution is -2.50. The van der Waals surface area contributed by atoms with Crippen LogP contribution in [-0.4, -0.2) is 31.1 Å². The van der Waals surface area contributed by atoms with Gasteiger partial charge >= 0.3 is 0 Å². The molecular weight excluding hydrogens is 244 g/mol. The zero-order valence-electron chi connectivity index (χ0n) is 13.0. The topological polar surface area (TPSA) is 15.3 Å². The Labute approximate surface area is 123 Å². The number of rotatable bonds is 2. The molecular formula is C18H28N2. The lowest BCUT2D eigenvalue weighted by molar-refractivity contribution is 0.0600. The molecule has 1 atom stereocenters. The molecule has 110 valence electrons. The fraction of sp³-hybridized carbons (Fsp3) is 0.667. The second-order valence-electron chi connectivity index (χ2n) is 7.01. The van der Waals surface area contributed by atoms with E-state index in [1.807, 2.05) is 0 Å². The summed E-state index contributed by atoms with van der Waals surface area (Å²) in [6.07, 6.45) is 5.57. The van der Waals surface area contributed by atoms with Crippen LogP contribution in [-0.2, 0) is 6.54 Å². The molecule has 0 saturated carbocycles. The zero-order valence-corrected chi connectivity index (χ0v) is 13.0. The van der Waals surface area contributed by atoms with E-state index in [1.54, 1.807) is 0 Å². The van der Waals surface area contributed by atoms with Crippen LogP contribution < -0.4 is 5.32 Å². The highest BCUT2D eigenvalue weighted by atomic mass is 15.1. The molecule has 20 heavy (non-hydrogen) atoms. The first-order chi connectivity index (χ1) is 9.67. The van der Waals surface area contributed by atoms with Crippen molar-refractivity contribution in [1.82, 2.24) is 10.2 Å². The van der Waals surface area contributed by atoms with Crippen molar-refractivity contribution in [2.45, 2.75) is 46.1 Å². The molecule has 0 amide bonds. The predicted octanol–water partition coefficient (Wildman–Crippen LogP) is 3.27. The monoisotopic (exact) mass is 272 g/mol. The van der Waals surface area contributed by atoms with Crippen LogP contribution in [0.25, 0.3) is 0 Å². The third-order valence-electron chi connectivity index (χ3n) is 5.28. The summed E-state index contributed by atoms with van der Waals surface area (Å²) in [6, 6.07) is 6.95. The van der Waals surface area contributed by atoms with Gasteiger partial charge in [0.15, 0.2) is 0 Å². The smallest absolute Gasteiger partial charge is 0.0234 e. The van der Waals surface area contributed by atoms with E-state index in [2.05, 4.69) is 42.3 Å². The Hall–Kier alpha value is -0.860. The molecule has 1 spiro atoms. The van der Waals surface area contributed by atoms with Crippen molar-refractivity contribution in [3.63, 3.8) is 0 Å². The molecule has 0 bridgehead atoms. The van der Waals surface area contributed by atoms with Gasteiger partial charge < -0.3 is 5.32 Å². The molecule has 1 aromatic carbocycles. The van der Waals surface area contributed by atoms with Crippen LogP contribution in [0.15, 0.2) is 18.2 Å². The minimum atomic E-state index is 0.566.